The van der Waals surface area contributed by atoms with Crippen LogP contribution >= 0.6 is 0 Å². The fourth-order valence-electron chi connectivity index (χ4n) is 2.73. The van der Waals surface area contributed by atoms with E-state index in [4.69, 9.17) is 5.73 Å². The predicted octanol–water partition coefficient (Wildman–Crippen LogP) is 2.29. The minimum Gasteiger partial charge on any atom is -0.387 e. The molecule has 2 rings (SSSR count). The Balaban J connectivity index is 2.55. The molecule has 2 heteroatoms. The summed E-state index contributed by atoms with van der Waals surface area (Å²) in [6.07, 6.45) is 1.33. The number of nitrogens with two attached hydrogens (primary N) is 1. The second kappa shape index (κ2) is 3.86. The van der Waals surface area contributed by atoms with Crippen molar-refractivity contribution in [1.82, 2.24) is 0 Å². The van der Waals surface area contributed by atoms with Crippen molar-refractivity contribution in [3.63, 3.8) is 0 Å². The summed E-state index contributed by atoms with van der Waals surface area (Å²) in [5.41, 5.74) is 9.63. The van der Waals surface area contributed by atoms with Gasteiger partial charge in [0.05, 0.1) is 6.10 Å². The SMILES string of the molecule is CCc1ccc2c(c1)C(O)C(N)CC2(C)C. The summed E-state index contributed by atoms with van der Waals surface area (Å²) < 4.78 is 0. The van der Waals surface area contributed by atoms with Crippen LogP contribution in [0.25, 0.3) is 0 Å². The largest absolute Gasteiger partial charge is 0.387 e. The van der Waals surface area contributed by atoms with E-state index in [9.17, 15) is 5.11 Å². The Kier molecular flexibility index (Phi) is 2.81. The maximum Gasteiger partial charge on any atom is 0.0944 e. The number of rotatable bonds is 1. The number of aliphatic hydroxyl groups excluding tert-OH is 1. The van der Waals surface area contributed by atoms with E-state index in [0.717, 1.165) is 18.4 Å². The van der Waals surface area contributed by atoms with Gasteiger partial charge in [-0.25, -0.2) is 0 Å². The van der Waals surface area contributed by atoms with E-state index in [2.05, 4.69) is 39.0 Å². The zero-order valence-corrected chi connectivity index (χ0v) is 10.3. The molecule has 0 spiro atoms. The molecule has 1 aliphatic carbocycles. The van der Waals surface area contributed by atoms with Gasteiger partial charge in [-0.05, 0) is 34.9 Å². The van der Waals surface area contributed by atoms with E-state index in [0.29, 0.717) is 0 Å². The molecule has 0 amide bonds. The minimum atomic E-state index is -0.505. The van der Waals surface area contributed by atoms with E-state index >= 15 is 0 Å². The highest BCUT2D eigenvalue weighted by atomic mass is 16.3. The van der Waals surface area contributed by atoms with Crippen LogP contribution in [0.3, 0.4) is 0 Å². The third-order valence-electron chi connectivity index (χ3n) is 3.72. The zero-order chi connectivity index (χ0) is 11.9. The average molecular weight is 219 g/mol. The summed E-state index contributed by atoms with van der Waals surface area (Å²) in [5.74, 6) is 0. The highest BCUT2D eigenvalue weighted by Gasteiger charge is 2.36. The quantitative estimate of drug-likeness (QED) is 0.761. The van der Waals surface area contributed by atoms with Gasteiger partial charge in [-0.3, -0.25) is 0 Å². The molecule has 0 saturated heterocycles. The molecule has 2 nitrogen and oxygen atoms in total. The van der Waals surface area contributed by atoms with Gasteiger partial charge in [-0.15, -0.1) is 0 Å². The van der Waals surface area contributed by atoms with Crippen LogP contribution in [0.15, 0.2) is 18.2 Å². The molecule has 1 aromatic carbocycles. The Morgan fingerprint density at radius 3 is 2.75 bits per heavy atom. The van der Waals surface area contributed by atoms with Crippen molar-refractivity contribution in [2.45, 2.75) is 51.2 Å². The first-order chi connectivity index (χ1) is 7.45. The van der Waals surface area contributed by atoms with Gasteiger partial charge in [0.15, 0.2) is 0 Å². The molecule has 1 aliphatic rings. The molecule has 3 N–H and O–H groups in total. The molecule has 2 atom stereocenters. The monoisotopic (exact) mass is 219 g/mol. The summed E-state index contributed by atoms with van der Waals surface area (Å²) in [6.45, 7) is 6.52. The maximum atomic E-state index is 10.2. The van der Waals surface area contributed by atoms with Crippen molar-refractivity contribution < 1.29 is 5.11 Å². The van der Waals surface area contributed by atoms with Gasteiger partial charge in [0, 0.05) is 6.04 Å². The lowest BCUT2D eigenvalue weighted by Gasteiger charge is -2.39. The van der Waals surface area contributed by atoms with Gasteiger partial charge < -0.3 is 10.8 Å². The molecule has 0 bridgehead atoms. The molecule has 0 heterocycles. The van der Waals surface area contributed by atoms with Crippen molar-refractivity contribution in [2.24, 2.45) is 5.73 Å². The molecule has 1 aromatic rings. The normalized spacial score (nSPS) is 27.6. The van der Waals surface area contributed by atoms with Crippen LogP contribution in [0.1, 0.15) is 50.0 Å². The summed E-state index contributed by atoms with van der Waals surface area (Å²) in [7, 11) is 0. The van der Waals surface area contributed by atoms with E-state index < -0.39 is 6.10 Å². The van der Waals surface area contributed by atoms with Gasteiger partial charge in [-0.2, -0.15) is 0 Å². The Hall–Kier alpha value is -0.860. The van der Waals surface area contributed by atoms with Crippen molar-refractivity contribution in [3.05, 3.63) is 34.9 Å². The lowest BCUT2D eigenvalue weighted by atomic mass is 9.69. The fraction of sp³-hybridized carbons (Fsp3) is 0.571. The van der Waals surface area contributed by atoms with Crippen molar-refractivity contribution in [2.75, 3.05) is 0 Å². The summed E-state index contributed by atoms with van der Waals surface area (Å²) in [6, 6.07) is 6.28. The summed E-state index contributed by atoms with van der Waals surface area (Å²) in [5, 5.41) is 10.2. The van der Waals surface area contributed by atoms with Crippen LogP contribution in [0.4, 0.5) is 0 Å². The third kappa shape index (κ3) is 1.76. The van der Waals surface area contributed by atoms with Crippen LogP contribution in [-0.4, -0.2) is 11.1 Å². The van der Waals surface area contributed by atoms with E-state index in [1.165, 1.54) is 11.1 Å². The van der Waals surface area contributed by atoms with Gasteiger partial charge in [0.1, 0.15) is 0 Å². The molecular formula is C14H21NO. The molecule has 2 unspecified atom stereocenters. The van der Waals surface area contributed by atoms with Crippen molar-refractivity contribution in [1.29, 1.82) is 0 Å². The van der Waals surface area contributed by atoms with Crippen LogP contribution in [0.5, 0.6) is 0 Å². The second-order valence-corrected chi connectivity index (χ2v) is 5.47. The van der Waals surface area contributed by atoms with Crippen molar-refractivity contribution >= 4 is 0 Å². The Labute approximate surface area is 97.5 Å². The third-order valence-corrected chi connectivity index (χ3v) is 3.72. The molecule has 88 valence electrons. The van der Waals surface area contributed by atoms with Crippen molar-refractivity contribution in [3.8, 4) is 0 Å². The molecule has 0 aromatic heterocycles. The summed E-state index contributed by atoms with van der Waals surface area (Å²) in [4.78, 5) is 0. The van der Waals surface area contributed by atoms with Gasteiger partial charge in [-0.1, -0.05) is 39.0 Å². The minimum absolute atomic E-state index is 0.0697. The first-order valence-electron chi connectivity index (χ1n) is 6.02. The Bertz CT molecular complexity index is 398. The summed E-state index contributed by atoms with van der Waals surface area (Å²) >= 11 is 0. The number of fused-ring (bicyclic) bond motifs is 1. The molecule has 0 saturated carbocycles. The molecule has 16 heavy (non-hydrogen) atoms. The van der Waals surface area contributed by atoms with E-state index in [1.54, 1.807) is 0 Å². The average Bonchev–Trinajstić information content (AvgIpc) is 2.25. The first-order valence-corrected chi connectivity index (χ1v) is 6.02. The van der Waals surface area contributed by atoms with Crippen LogP contribution < -0.4 is 5.73 Å². The molecule has 0 fully saturated rings. The Morgan fingerprint density at radius 1 is 1.44 bits per heavy atom. The van der Waals surface area contributed by atoms with Crippen LogP contribution in [0.2, 0.25) is 0 Å². The van der Waals surface area contributed by atoms with E-state index in [1.807, 2.05) is 0 Å². The van der Waals surface area contributed by atoms with Crippen LogP contribution in [0, 0.1) is 0 Å². The van der Waals surface area contributed by atoms with Gasteiger partial charge >= 0.3 is 0 Å². The molecule has 0 radical (unpaired) electrons. The number of aryl methyl sites for hydroxylation is 1. The highest BCUT2D eigenvalue weighted by Crippen LogP contribution is 2.41. The standard InChI is InChI=1S/C14H21NO/c1-4-9-5-6-11-10(7-9)13(16)12(15)8-14(11,2)3/h5-7,12-13,16H,4,8,15H2,1-3H3. The van der Waals surface area contributed by atoms with Gasteiger partial charge in [0.25, 0.3) is 0 Å². The van der Waals surface area contributed by atoms with Gasteiger partial charge in [0.2, 0.25) is 0 Å². The zero-order valence-electron chi connectivity index (χ0n) is 10.3. The Morgan fingerprint density at radius 2 is 2.12 bits per heavy atom. The maximum absolute atomic E-state index is 10.2. The van der Waals surface area contributed by atoms with E-state index in [-0.39, 0.29) is 11.5 Å². The lowest BCUT2D eigenvalue weighted by molar-refractivity contribution is 0.115. The molecular weight excluding hydrogens is 198 g/mol. The number of hydrogen-bond donors (Lipinski definition) is 2. The fourth-order valence-corrected chi connectivity index (χ4v) is 2.73. The topological polar surface area (TPSA) is 46.2 Å². The number of aliphatic hydroxyl groups is 1. The molecule has 0 aliphatic heterocycles. The highest BCUT2D eigenvalue weighted by molar-refractivity contribution is 5.41. The number of hydrogen-bond acceptors (Lipinski definition) is 2. The predicted molar refractivity (Wildman–Crippen MR) is 66.4 cm³/mol. The smallest absolute Gasteiger partial charge is 0.0944 e. The second-order valence-electron chi connectivity index (χ2n) is 5.47. The number of benzene rings is 1. The first kappa shape index (κ1) is 11.6. The van der Waals surface area contributed by atoms with Crippen LogP contribution in [-0.2, 0) is 11.8 Å². The lowest BCUT2D eigenvalue weighted by Crippen LogP contribution is -2.41.